The molecule has 1 fully saturated rings. The molecular formula is C22H28N2O2. The summed E-state index contributed by atoms with van der Waals surface area (Å²) in [6, 6.07) is 11.8. The van der Waals surface area contributed by atoms with Crippen LogP contribution in [-0.2, 0) is 6.61 Å². The van der Waals surface area contributed by atoms with Crippen molar-refractivity contribution >= 4 is 5.91 Å². The maximum atomic E-state index is 12.4. The second-order valence-electron chi connectivity index (χ2n) is 7.30. The number of aryl methyl sites for hydroxylation is 1. The number of carbonyl (C=O) groups excluding carboxylic acids is 1. The lowest BCUT2D eigenvalue weighted by Crippen LogP contribution is -2.38. The number of benzene rings is 1. The van der Waals surface area contributed by atoms with Crippen LogP contribution in [0.4, 0.5) is 0 Å². The SMILES string of the molecule is Cc1cccc(OCc2ccc(C(=O)N[C@H](C)C3CCCCC3)cn2)c1. The molecule has 1 saturated carbocycles. The monoisotopic (exact) mass is 352 g/mol. The number of hydrogen-bond donors (Lipinski definition) is 1. The van der Waals surface area contributed by atoms with Gasteiger partial charge < -0.3 is 10.1 Å². The first-order valence-corrected chi connectivity index (χ1v) is 9.57. The van der Waals surface area contributed by atoms with Crippen LogP contribution in [0.1, 0.15) is 60.6 Å². The molecule has 26 heavy (non-hydrogen) atoms. The van der Waals surface area contributed by atoms with E-state index >= 15 is 0 Å². The number of pyridine rings is 1. The summed E-state index contributed by atoms with van der Waals surface area (Å²) in [6.07, 6.45) is 7.96. The molecule has 1 heterocycles. The van der Waals surface area contributed by atoms with Crippen molar-refractivity contribution in [1.82, 2.24) is 10.3 Å². The highest BCUT2D eigenvalue weighted by molar-refractivity contribution is 5.94. The summed E-state index contributed by atoms with van der Waals surface area (Å²) in [5.41, 5.74) is 2.57. The van der Waals surface area contributed by atoms with Gasteiger partial charge in [0, 0.05) is 12.2 Å². The number of amides is 1. The number of ether oxygens (including phenoxy) is 1. The lowest BCUT2D eigenvalue weighted by Gasteiger charge is -2.28. The van der Waals surface area contributed by atoms with E-state index in [0.717, 1.165) is 17.0 Å². The van der Waals surface area contributed by atoms with E-state index in [1.165, 1.54) is 32.1 Å². The number of hydrogen-bond acceptors (Lipinski definition) is 3. The molecule has 0 spiro atoms. The van der Waals surface area contributed by atoms with Gasteiger partial charge in [-0.2, -0.15) is 0 Å². The van der Waals surface area contributed by atoms with E-state index in [9.17, 15) is 4.79 Å². The molecule has 0 bridgehead atoms. The highest BCUT2D eigenvalue weighted by Crippen LogP contribution is 2.26. The molecule has 2 aromatic rings. The van der Waals surface area contributed by atoms with E-state index in [4.69, 9.17) is 4.74 Å². The van der Waals surface area contributed by atoms with Gasteiger partial charge >= 0.3 is 0 Å². The van der Waals surface area contributed by atoms with Crippen molar-refractivity contribution in [2.45, 2.75) is 58.6 Å². The van der Waals surface area contributed by atoms with Gasteiger partial charge in [-0.15, -0.1) is 0 Å². The summed E-state index contributed by atoms with van der Waals surface area (Å²) in [5.74, 6) is 1.39. The summed E-state index contributed by atoms with van der Waals surface area (Å²) < 4.78 is 5.75. The molecule has 3 rings (SSSR count). The summed E-state index contributed by atoms with van der Waals surface area (Å²) >= 11 is 0. The van der Waals surface area contributed by atoms with Crippen molar-refractivity contribution in [1.29, 1.82) is 0 Å². The predicted octanol–water partition coefficient (Wildman–Crippen LogP) is 4.67. The number of nitrogens with one attached hydrogen (secondary N) is 1. The first kappa shape index (κ1) is 18.4. The third-order valence-electron chi connectivity index (χ3n) is 5.18. The Hall–Kier alpha value is -2.36. The average Bonchev–Trinajstić information content (AvgIpc) is 2.67. The van der Waals surface area contributed by atoms with Gasteiger partial charge in [-0.1, -0.05) is 31.4 Å². The molecule has 1 aromatic carbocycles. The summed E-state index contributed by atoms with van der Waals surface area (Å²) in [7, 11) is 0. The van der Waals surface area contributed by atoms with E-state index in [-0.39, 0.29) is 11.9 Å². The minimum Gasteiger partial charge on any atom is -0.487 e. The van der Waals surface area contributed by atoms with Crippen LogP contribution in [0.15, 0.2) is 42.6 Å². The third kappa shape index (κ3) is 5.07. The highest BCUT2D eigenvalue weighted by Gasteiger charge is 2.21. The van der Waals surface area contributed by atoms with E-state index in [1.807, 2.05) is 43.3 Å². The van der Waals surface area contributed by atoms with Crippen LogP contribution in [0.5, 0.6) is 5.75 Å². The van der Waals surface area contributed by atoms with Crippen LogP contribution >= 0.6 is 0 Å². The molecule has 0 unspecified atom stereocenters. The minimum atomic E-state index is -0.0401. The molecule has 0 radical (unpaired) electrons. The first-order valence-electron chi connectivity index (χ1n) is 9.57. The number of carbonyl (C=O) groups is 1. The Morgan fingerprint density at radius 1 is 1.23 bits per heavy atom. The molecule has 0 aliphatic heterocycles. The standard InChI is InChI=1S/C22H28N2O2/c1-16-7-6-10-21(13-16)26-15-20-12-11-19(14-23-20)22(25)24-17(2)18-8-4-3-5-9-18/h6-7,10-14,17-18H,3-5,8-9,15H2,1-2H3,(H,24,25)/t17-/m1/s1. The second kappa shape index (κ2) is 8.84. The molecule has 1 amide bonds. The van der Waals surface area contributed by atoms with E-state index in [0.29, 0.717) is 18.1 Å². The Bertz CT molecular complexity index is 721. The molecule has 138 valence electrons. The third-order valence-corrected chi connectivity index (χ3v) is 5.18. The zero-order chi connectivity index (χ0) is 18.4. The molecule has 1 aliphatic rings. The van der Waals surface area contributed by atoms with Gasteiger partial charge in [-0.25, -0.2) is 0 Å². The van der Waals surface area contributed by atoms with Gasteiger partial charge in [0.05, 0.1) is 11.3 Å². The molecule has 1 aromatic heterocycles. The van der Waals surface area contributed by atoms with E-state index < -0.39 is 0 Å². The first-order chi connectivity index (χ1) is 12.6. The highest BCUT2D eigenvalue weighted by atomic mass is 16.5. The molecule has 4 heteroatoms. The predicted molar refractivity (Wildman–Crippen MR) is 103 cm³/mol. The van der Waals surface area contributed by atoms with Gasteiger partial charge in [0.25, 0.3) is 5.91 Å². The molecule has 0 saturated heterocycles. The Labute approximate surface area is 156 Å². The van der Waals surface area contributed by atoms with Crippen LogP contribution in [0.3, 0.4) is 0 Å². The van der Waals surface area contributed by atoms with Gasteiger partial charge in [0.15, 0.2) is 0 Å². The van der Waals surface area contributed by atoms with Crippen LogP contribution < -0.4 is 10.1 Å². The summed E-state index contributed by atoms with van der Waals surface area (Å²) in [5, 5.41) is 3.14. The van der Waals surface area contributed by atoms with Crippen LogP contribution in [0.25, 0.3) is 0 Å². The molecular weight excluding hydrogens is 324 g/mol. The number of nitrogens with zero attached hydrogens (tertiary/aromatic N) is 1. The number of rotatable bonds is 6. The van der Waals surface area contributed by atoms with Crippen molar-refractivity contribution < 1.29 is 9.53 Å². The van der Waals surface area contributed by atoms with Crippen LogP contribution in [0, 0.1) is 12.8 Å². The Morgan fingerprint density at radius 2 is 2.04 bits per heavy atom. The topological polar surface area (TPSA) is 51.2 Å². The second-order valence-corrected chi connectivity index (χ2v) is 7.30. The molecule has 1 atom stereocenters. The Morgan fingerprint density at radius 3 is 2.73 bits per heavy atom. The Balaban J connectivity index is 1.52. The average molecular weight is 352 g/mol. The molecule has 1 N–H and O–H groups in total. The Kier molecular flexibility index (Phi) is 6.26. The van der Waals surface area contributed by atoms with Gasteiger partial charge in [-0.3, -0.25) is 9.78 Å². The lowest BCUT2D eigenvalue weighted by atomic mass is 9.84. The fourth-order valence-corrected chi connectivity index (χ4v) is 3.55. The summed E-state index contributed by atoms with van der Waals surface area (Å²) in [4.78, 5) is 16.8. The fraction of sp³-hybridized carbons (Fsp3) is 0.455. The maximum Gasteiger partial charge on any atom is 0.253 e. The quantitative estimate of drug-likeness (QED) is 0.822. The fourth-order valence-electron chi connectivity index (χ4n) is 3.55. The van der Waals surface area contributed by atoms with E-state index in [2.05, 4.69) is 17.2 Å². The largest absolute Gasteiger partial charge is 0.487 e. The minimum absolute atomic E-state index is 0.0401. The van der Waals surface area contributed by atoms with Crippen molar-refractivity contribution in [3.05, 3.63) is 59.4 Å². The smallest absolute Gasteiger partial charge is 0.253 e. The molecule has 4 nitrogen and oxygen atoms in total. The summed E-state index contributed by atoms with van der Waals surface area (Å²) in [6.45, 7) is 4.54. The zero-order valence-electron chi connectivity index (χ0n) is 15.7. The lowest BCUT2D eigenvalue weighted by molar-refractivity contribution is 0.0919. The van der Waals surface area contributed by atoms with Gasteiger partial charge in [0.1, 0.15) is 12.4 Å². The number of aromatic nitrogens is 1. The van der Waals surface area contributed by atoms with Crippen molar-refractivity contribution in [3.63, 3.8) is 0 Å². The van der Waals surface area contributed by atoms with Crippen LogP contribution in [-0.4, -0.2) is 16.9 Å². The molecule has 1 aliphatic carbocycles. The van der Waals surface area contributed by atoms with E-state index in [1.54, 1.807) is 6.20 Å². The normalized spacial score (nSPS) is 16.1. The maximum absolute atomic E-state index is 12.4. The van der Waals surface area contributed by atoms with Crippen molar-refractivity contribution in [2.24, 2.45) is 5.92 Å². The van der Waals surface area contributed by atoms with Crippen LogP contribution in [0.2, 0.25) is 0 Å². The van der Waals surface area contributed by atoms with Crippen molar-refractivity contribution in [3.8, 4) is 5.75 Å². The zero-order valence-corrected chi connectivity index (χ0v) is 15.7. The van der Waals surface area contributed by atoms with Gasteiger partial charge in [-0.05, 0) is 62.4 Å². The van der Waals surface area contributed by atoms with Crippen molar-refractivity contribution in [2.75, 3.05) is 0 Å². The van der Waals surface area contributed by atoms with Gasteiger partial charge in [0.2, 0.25) is 0 Å².